The van der Waals surface area contributed by atoms with Gasteiger partial charge in [0.1, 0.15) is 11.2 Å². The van der Waals surface area contributed by atoms with E-state index < -0.39 is 0 Å². The molecule has 12 rings (SSSR count). The summed E-state index contributed by atoms with van der Waals surface area (Å²) >= 11 is 0. The summed E-state index contributed by atoms with van der Waals surface area (Å²) in [5.41, 5.74) is 19.9. The van der Waals surface area contributed by atoms with Crippen molar-refractivity contribution in [3.05, 3.63) is 246 Å². The van der Waals surface area contributed by atoms with Gasteiger partial charge in [-0.05, 0) is 135 Å². The van der Waals surface area contributed by atoms with Gasteiger partial charge in [0.05, 0.1) is 0 Å². The van der Waals surface area contributed by atoms with Crippen LogP contribution in [-0.4, -0.2) is 0 Å². The van der Waals surface area contributed by atoms with Crippen molar-refractivity contribution in [3.63, 3.8) is 0 Å². The lowest BCUT2D eigenvalue weighted by Crippen LogP contribution is -2.23. The zero-order valence-corrected chi connectivity index (χ0v) is 33.6. The maximum Gasteiger partial charge on any atom is 0.136 e. The zero-order valence-electron chi connectivity index (χ0n) is 33.6. The Labute approximate surface area is 350 Å². The Morgan fingerprint density at radius 3 is 1.55 bits per heavy atom. The fourth-order valence-electron chi connectivity index (χ4n) is 10.6. The standard InChI is InChI=1S/C58H41NO/c1-57(40-15-5-3-6-16-40)52-23-13-10-20-46(52)50-36-43(31-34-53(50)57)59(42-28-25-38(26-29-42)39-27-32-49-48-21-11-14-24-55(48)60-56(49)35-39)44-30-33-47-45-19-9-12-22-51(45)58(2,54(47)37-44)41-17-7-4-8-18-41/h3-37H,1-2H3. The molecule has 0 bridgehead atoms. The van der Waals surface area contributed by atoms with E-state index in [1.54, 1.807) is 0 Å². The molecule has 2 aliphatic carbocycles. The van der Waals surface area contributed by atoms with E-state index in [1.807, 2.05) is 12.1 Å². The lowest BCUT2D eigenvalue weighted by Gasteiger charge is -2.31. The number of para-hydroxylation sites is 1. The highest BCUT2D eigenvalue weighted by atomic mass is 16.3. The Balaban J connectivity index is 1.03. The average molecular weight is 768 g/mol. The second-order valence-electron chi connectivity index (χ2n) is 16.7. The van der Waals surface area contributed by atoms with Crippen molar-refractivity contribution in [2.24, 2.45) is 0 Å². The third-order valence-corrected chi connectivity index (χ3v) is 13.7. The van der Waals surface area contributed by atoms with Crippen LogP contribution in [0.4, 0.5) is 17.1 Å². The van der Waals surface area contributed by atoms with Gasteiger partial charge >= 0.3 is 0 Å². The molecule has 2 unspecified atom stereocenters. The van der Waals surface area contributed by atoms with Gasteiger partial charge in [-0.1, -0.05) is 158 Å². The topological polar surface area (TPSA) is 16.4 Å². The minimum Gasteiger partial charge on any atom is -0.456 e. The second kappa shape index (κ2) is 13.0. The molecule has 10 aromatic rings. The molecule has 0 amide bonds. The van der Waals surface area contributed by atoms with E-state index >= 15 is 0 Å². The molecule has 2 heteroatoms. The molecular formula is C58H41NO. The summed E-state index contributed by atoms with van der Waals surface area (Å²) in [6, 6.07) is 77.9. The molecule has 1 aromatic heterocycles. The molecule has 1 heterocycles. The number of hydrogen-bond acceptors (Lipinski definition) is 2. The van der Waals surface area contributed by atoms with Crippen molar-refractivity contribution in [1.82, 2.24) is 0 Å². The second-order valence-corrected chi connectivity index (χ2v) is 16.7. The summed E-state index contributed by atoms with van der Waals surface area (Å²) < 4.78 is 6.30. The summed E-state index contributed by atoms with van der Waals surface area (Å²) in [5, 5.41) is 2.28. The summed E-state index contributed by atoms with van der Waals surface area (Å²) in [6.45, 7) is 4.78. The molecule has 9 aromatic carbocycles. The van der Waals surface area contributed by atoms with E-state index in [-0.39, 0.29) is 10.8 Å². The van der Waals surface area contributed by atoms with Crippen LogP contribution in [0.2, 0.25) is 0 Å². The highest BCUT2D eigenvalue weighted by Crippen LogP contribution is 2.56. The van der Waals surface area contributed by atoms with Crippen LogP contribution in [-0.2, 0) is 10.8 Å². The van der Waals surface area contributed by atoms with Crippen molar-refractivity contribution >= 4 is 39.0 Å². The fraction of sp³-hybridized carbons (Fsp3) is 0.0690. The summed E-state index contributed by atoms with van der Waals surface area (Å²) in [5.74, 6) is 0. The molecule has 60 heavy (non-hydrogen) atoms. The van der Waals surface area contributed by atoms with Gasteiger partial charge in [0.2, 0.25) is 0 Å². The van der Waals surface area contributed by atoms with Crippen molar-refractivity contribution < 1.29 is 4.42 Å². The molecule has 0 spiro atoms. The first-order valence-electron chi connectivity index (χ1n) is 20.9. The number of hydrogen-bond donors (Lipinski definition) is 0. The van der Waals surface area contributed by atoms with Crippen LogP contribution < -0.4 is 4.90 Å². The van der Waals surface area contributed by atoms with E-state index in [0.717, 1.165) is 50.1 Å². The third-order valence-electron chi connectivity index (χ3n) is 13.7. The molecule has 0 saturated heterocycles. The van der Waals surface area contributed by atoms with Crippen LogP contribution in [0.5, 0.6) is 0 Å². The van der Waals surface area contributed by atoms with Gasteiger partial charge in [0, 0.05) is 38.7 Å². The Kier molecular flexibility index (Phi) is 7.52. The number of benzene rings is 9. The zero-order chi connectivity index (χ0) is 40.0. The number of nitrogens with zero attached hydrogens (tertiary/aromatic N) is 1. The van der Waals surface area contributed by atoms with Crippen LogP contribution in [0, 0.1) is 0 Å². The largest absolute Gasteiger partial charge is 0.456 e. The van der Waals surface area contributed by atoms with Gasteiger partial charge in [-0.15, -0.1) is 0 Å². The van der Waals surface area contributed by atoms with Gasteiger partial charge in [-0.25, -0.2) is 0 Å². The van der Waals surface area contributed by atoms with Gasteiger partial charge in [0.15, 0.2) is 0 Å². The van der Waals surface area contributed by atoms with E-state index in [9.17, 15) is 0 Å². The maximum atomic E-state index is 6.30. The Morgan fingerprint density at radius 2 is 0.833 bits per heavy atom. The highest BCUT2D eigenvalue weighted by Gasteiger charge is 2.42. The Hall–Kier alpha value is -7.42. The first-order valence-corrected chi connectivity index (χ1v) is 20.9. The van der Waals surface area contributed by atoms with E-state index in [1.165, 1.54) is 55.6 Å². The molecule has 0 N–H and O–H groups in total. The first-order chi connectivity index (χ1) is 29.5. The van der Waals surface area contributed by atoms with Gasteiger partial charge in [-0.2, -0.15) is 0 Å². The average Bonchev–Trinajstić information content (AvgIpc) is 3.91. The van der Waals surface area contributed by atoms with Gasteiger partial charge < -0.3 is 9.32 Å². The monoisotopic (exact) mass is 767 g/mol. The molecule has 2 atom stereocenters. The number of anilines is 3. The van der Waals surface area contributed by atoms with E-state index in [0.29, 0.717) is 0 Å². The molecule has 0 radical (unpaired) electrons. The molecule has 0 fully saturated rings. The lowest BCUT2D eigenvalue weighted by atomic mass is 9.74. The normalized spacial score (nSPS) is 17.3. The smallest absolute Gasteiger partial charge is 0.136 e. The lowest BCUT2D eigenvalue weighted by molar-refractivity contribution is 0.669. The van der Waals surface area contributed by atoms with Crippen LogP contribution in [0.25, 0.3) is 55.3 Å². The molecule has 0 aliphatic heterocycles. The van der Waals surface area contributed by atoms with Crippen LogP contribution >= 0.6 is 0 Å². The third kappa shape index (κ3) is 4.94. The predicted molar refractivity (Wildman–Crippen MR) is 249 cm³/mol. The van der Waals surface area contributed by atoms with Crippen molar-refractivity contribution in [2.45, 2.75) is 24.7 Å². The van der Waals surface area contributed by atoms with Gasteiger partial charge in [0.25, 0.3) is 0 Å². The first kappa shape index (κ1) is 34.6. The Bertz CT molecular complexity index is 3290. The SMILES string of the molecule is CC1(c2ccccc2)c2ccccc2-c2cc(N(c3ccc(-c4ccc5c(c4)oc4ccccc45)cc3)c3ccc4c(c3)C(C)(c3ccccc3)c3ccccc3-4)ccc21. The predicted octanol–water partition coefficient (Wildman–Crippen LogP) is 15.4. The fourth-order valence-corrected chi connectivity index (χ4v) is 10.6. The summed E-state index contributed by atoms with van der Waals surface area (Å²) in [7, 11) is 0. The van der Waals surface area contributed by atoms with E-state index in [4.69, 9.17) is 4.42 Å². The Morgan fingerprint density at radius 1 is 0.333 bits per heavy atom. The van der Waals surface area contributed by atoms with E-state index in [2.05, 4.69) is 219 Å². The van der Waals surface area contributed by atoms with Crippen molar-refractivity contribution in [2.75, 3.05) is 4.90 Å². The number of fused-ring (bicyclic) bond motifs is 9. The van der Waals surface area contributed by atoms with Crippen molar-refractivity contribution in [3.8, 4) is 33.4 Å². The maximum absolute atomic E-state index is 6.30. The molecule has 2 nitrogen and oxygen atoms in total. The molecule has 0 saturated carbocycles. The number of rotatable bonds is 6. The molecular weight excluding hydrogens is 727 g/mol. The quantitative estimate of drug-likeness (QED) is 0.168. The minimum absolute atomic E-state index is 0.268. The van der Waals surface area contributed by atoms with Crippen LogP contribution in [0.1, 0.15) is 47.2 Å². The van der Waals surface area contributed by atoms with Crippen molar-refractivity contribution in [1.29, 1.82) is 0 Å². The van der Waals surface area contributed by atoms with Crippen LogP contribution in [0.3, 0.4) is 0 Å². The summed E-state index contributed by atoms with van der Waals surface area (Å²) in [4.78, 5) is 2.45. The highest BCUT2D eigenvalue weighted by molar-refractivity contribution is 6.06. The number of furan rings is 1. The van der Waals surface area contributed by atoms with Crippen LogP contribution in [0.15, 0.2) is 217 Å². The minimum atomic E-state index is -0.317. The molecule has 2 aliphatic rings. The summed E-state index contributed by atoms with van der Waals surface area (Å²) in [6.07, 6.45) is 0. The van der Waals surface area contributed by atoms with Gasteiger partial charge in [-0.3, -0.25) is 0 Å². The molecule has 284 valence electrons.